The van der Waals surface area contributed by atoms with Crippen LogP contribution in [-0.4, -0.2) is 24.1 Å². The van der Waals surface area contributed by atoms with Gasteiger partial charge in [-0.25, -0.2) is 0 Å². The number of hydrogen-bond acceptors (Lipinski definition) is 4. The predicted octanol–water partition coefficient (Wildman–Crippen LogP) is 5.92. The Morgan fingerprint density at radius 2 is 1.81 bits per heavy atom. The monoisotopic (exact) mass is 382 g/mol. The lowest BCUT2D eigenvalue weighted by Gasteiger charge is -2.21. The maximum absolute atomic E-state index is 12.0. The van der Waals surface area contributed by atoms with Crippen LogP contribution in [-0.2, 0) is 14.3 Å². The molecular formula is C22H38O3S. The summed E-state index contributed by atoms with van der Waals surface area (Å²) in [6, 6.07) is 0. The third-order valence-corrected chi connectivity index (χ3v) is 6.22. The van der Waals surface area contributed by atoms with Crippen LogP contribution in [0.5, 0.6) is 0 Å². The number of carbonyl (C=O) groups is 2. The van der Waals surface area contributed by atoms with E-state index in [-0.39, 0.29) is 5.97 Å². The summed E-state index contributed by atoms with van der Waals surface area (Å²) in [4.78, 5) is 23.1. The fourth-order valence-corrected chi connectivity index (χ4v) is 4.44. The van der Waals surface area contributed by atoms with Crippen LogP contribution >= 0.6 is 12.6 Å². The largest absolute Gasteiger partial charge is 0.469 e. The lowest BCUT2D eigenvalue weighted by molar-refractivity contribution is -0.140. The van der Waals surface area contributed by atoms with Crippen molar-refractivity contribution in [3.63, 3.8) is 0 Å². The highest BCUT2D eigenvalue weighted by Crippen LogP contribution is 2.40. The second-order valence-corrected chi connectivity index (χ2v) is 8.30. The van der Waals surface area contributed by atoms with E-state index >= 15 is 0 Å². The average molecular weight is 383 g/mol. The first-order valence-electron chi connectivity index (χ1n) is 10.5. The summed E-state index contributed by atoms with van der Waals surface area (Å²) >= 11 is 4.78. The Morgan fingerprint density at radius 3 is 2.54 bits per heavy atom. The number of rotatable bonds is 14. The van der Waals surface area contributed by atoms with Crippen LogP contribution < -0.4 is 0 Å². The van der Waals surface area contributed by atoms with Crippen molar-refractivity contribution in [3.05, 3.63) is 12.2 Å². The molecule has 0 saturated heterocycles. The van der Waals surface area contributed by atoms with Crippen LogP contribution in [0.4, 0.5) is 0 Å². The smallest absolute Gasteiger partial charge is 0.305 e. The summed E-state index contributed by atoms with van der Waals surface area (Å²) < 4.78 is 4.65. The highest BCUT2D eigenvalue weighted by atomic mass is 32.1. The second-order valence-electron chi connectivity index (χ2n) is 7.63. The van der Waals surface area contributed by atoms with E-state index in [2.05, 4.69) is 23.8 Å². The molecule has 1 fully saturated rings. The number of Topliss-reactive ketones (excluding diaryl/α,β-unsaturated/α-hetero) is 1. The van der Waals surface area contributed by atoms with E-state index in [0.29, 0.717) is 29.3 Å². The summed E-state index contributed by atoms with van der Waals surface area (Å²) in [5.41, 5.74) is 0. The molecule has 3 atom stereocenters. The molecule has 0 heterocycles. The molecule has 0 amide bonds. The summed E-state index contributed by atoms with van der Waals surface area (Å²) in [6.07, 6.45) is 17.4. The van der Waals surface area contributed by atoms with Gasteiger partial charge in [0.15, 0.2) is 0 Å². The maximum Gasteiger partial charge on any atom is 0.305 e. The van der Waals surface area contributed by atoms with Crippen LogP contribution in [0.15, 0.2) is 12.2 Å². The summed E-state index contributed by atoms with van der Waals surface area (Å²) in [7, 11) is 1.44. The van der Waals surface area contributed by atoms with Crippen molar-refractivity contribution >= 4 is 24.4 Å². The molecule has 0 aromatic carbocycles. The van der Waals surface area contributed by atoms with E-state index in [9.17, 15) is 9.59 Å². The van der Waals surface area contributed by atoms with Crippen molar-refractivity contribution in [2.24, 2.45) is 11.8 Å². The van der Waals surface area contributed by atoms with Gasteiger partial charge in [-0.05, 0) is 63.2 Å². The minimum absolute atomic E-state index is 0.119. The van der Waals surface area contributed by atoms with Crippen LogP contribution in [0.25, 0.3) is 0 Å². The number of unbranched alkanes of at least 4 members (excludes halogenated alkanes) is 4. The van der Waals surface area contributed by atoms with Gasteiger partial charge in [-0.3, -0.25) is 9.59 Å². The molecule has 0 aromatic rings. The van der Waals surface area contributed by atoms with E-state index in [0.717, 1.165) is 57.8 Å². The predicted molar refractivity (Wildman–Crippen MR) is 112 cm³/mol. The minimum atomic E-state index is -0.119. The van der Waals surface area contributed by atoms with E-state index in [1.54, 1.807) is 0 Å². The number of ketones is 1. The molecule has 26 heavy (non-hydrogen) atoms. The Labute approximate surface area is 165 Å². The molecule has 1 aliphatic rings. The lowest BCUT2D eigenvalue weighted by Crippen LogP contribution is -2.16. The number of thiol groups is 1. The number of esters is 1. The summed E-state index contributed by atoms with van der Waals surface area (Å²) in [5.74, 6) is 1.57. The average Bonchev–Trinajstić information content (AvgIpc) is 2.98. The molecule has 0 radical (unpaired) electrons. The lowest BCUT2D eigenvalue weighted by atomic mass is 9.87. The highest BCUT2D eigenvalue weighted by Gasteiger charge is 2.33. The van der Waals surface area contributed by atoms with Gasteiger partial charge in [0.05, 0.1) is 7.11 Å². The minimum Gasteiger partial charge on any atom is -0.469 e. The molecule has 1 saturated carbocycles. The van der Waals surface area contributed by atoms with E-state index in [1.165, 1.54) is 26.4 Å². The molecule has 1 rings (SSSR count). The van der Waals surface area contributed by atoms with Crippen LogP contribution in [0.3, 0.4) is 0 Å². The molecule has 1 aliphatic carbocycles. The van der Waals surface area contributed by atoms with Gasteiger partial charge in [0.1, 0.15) is 5.78 Å². The number of carbonyl (C=O) groups excluding carboxylic acids is 2. The summed E-state index contributed by atoms with van der Waals surface area (Å²) in [5, 5.41) is 0.455. The fraction of sp³-hybridized carbons (Fsp3) is 0.818. The van der Waals surface area contributed by atoms with Gasteiger partial charge in [-0.15, -0.1) is 0 Å². The standard InChI is InChI=1S/C22H38O3S/c1-3-4-8-12-19(23)15-16-20-18(14-17-21(20)26)11-9-6-5-7-10-13-22(24)25-2/h6,9,18,20-21,26H,3-5,7-8,10-17H2,1-2H3/b9-6-/t18?,20-,21-/m1/s1. The quantitative estimate of drug-likeness (QED) is 0.175. The van der Waals surface area contributed by atoms with Crippen molar-refractivity contribution in [2.75, 3.05) is 7.11 Å². The zero-order valence-electron chi connectivity index (χ0n) is 16.8. The third kappa shape index (κ3) is 9.80. The Bertz CT molecular complexity index is 433. The molecular weight excluding hydrogens is 344 g/mol. The first kappa shape index (κ1) is 23.3. The van der Waals surface area contributed by atoms with E-state index < -0.39 is 0 Å². The van der Waals surface area contributed by atoms with E-state index in [4.69, 9.17) is 12.6 Å². The van der Waals surface area contributed by atoms with Crippen molar-refractivity contribution in [2.45, 2.75) is 95.6 Å². The fourth-order valence-electron chi connectivity index (χ4n) is 3.90. The Balaban J connectivity index is 2.22. The molecule has 0 aliphatic heterocycles. The van der Waals surface area contributed by atoms with Crippen molar-refractivity contribution in [3.8, 4) is 0 Å². The first-order chi connectivity index (χ1) is 12.6. The third-order valence-electron chi connectivity index (χ3n) is 5.58. The van der Waals surface area contributed by atoms with Crippen LogP contribution in [0.2, 0.25) is 0 Å². The molecule has 4 heteroatoms. The SMILES string of the molecule is CCCCCC(=O)CC[C@@H]1C(C/C=C\CCCCC(=O)OC)CC[C@H]1S. The Morgan fingerprint density at radius 1 is 1.04 bits per heavy atom. The Kier molecular flexibility index (Phi) is 12.8. The van der Waals surface area contributed by atoms with Gasteiger partial charge in [-0.2, -0.15) is 12.6 Å². The van der Waals surface area contributed by atoms with Crippen molar-refractivity contribution in [1.82, 2.24) is 0 Å². The summed E-state index contributed by atoms with van der Waals surface area (Å²) in [6.45, 7) is 2.17. The highest BCUT2D eigenvalue weighted by molar-refractivity contribution is 7.81. The van der Waals surface area contributed by atoms with Crippen molar-refractivity contribution < 1.29 is 14.3 Å². The second kappa shape index (κ2) is 14.3. The van der Waals surface area contributed by atoms with Gasteiger partial charge in [0, 0.05) is 24.5 Å². The number of allylic oxidation sites excluding steroid dienone is 2. The number of ether oxygens (including phenoxy) is 1. The van der Waals surface area contributed by atoms with Crippen LogP contribution in [0, 0.1) is 11.8 Å². The van der Waals surface area contributed by atoms with Crippen LogP contribution in [0.1, 0.15) is 90.4 Å². The molecule has 1 unspecified atom stereocenters. The van der Waals surface area contributed by atoms with E-state index in [1.807, 2.05) is 0 Å². The Hall–Kier alpha value is -0.770. The van der Waals surface area contributed by atoms with Gasteiger partial charge < -0.3 is 4.74 Å². The van der Waals surface area contributed by atoms with Gasteiger partial charge in [0.2, 0.25) is 0 Å². The maximum atomic E-state index is 12.0. The molecule has 0 aromatic heterocycles. The first-order valence-corrected chi connectivity index (χ1v) is 11.0. The topological polar surface area (TPSA) is 43.4 Å². The molecule has 0 bridgehead atoms. The molecule has 0 N–H and O–H groups in total. The number of methoxy groups -OCH3 is 1. The van der Waals surface area contributed by atoms with Gasteiger partial charge >= 0.3 is 5.97 Å². The van der Waals surface area contributed by atoms with Gasteiger partial charge in [0.25, 0.3) is 0 Å². The molecule has 150 valence electrons. The normalized spacial score (nSPS) is 22.8. The van der Waals surface area contributed by atoms with Gasteiger partial charge in [-0.1, -0.05) is 31.9 Å². The van der Waals surface area contributed by atoms with Crippen molar-refractivity contribution in [1.29, 1.82) is 0 Å². The zero-order chi connectivity index (χ0) is 19.2. The number of hydrogen-bond donors (Lipinski definition) is 1. The molecule has 3 nitrogen and oxygen atoms in total. The molecule has 0 spiro atoms. The zero-order valence-corrected chi connectivity index (χ0v) is 17.6.